The maximum Gasteiger partial charge on any atom is -0.0276 e. The highest BCUT2D eigenvalue weighted by molar-refractivity contribution is 5.25. The fourth-order valence-corrected chi connectivity index (χ4v) is 2.11. The molecule has 0 bridgehead atoms. The summed E-state index contributed by atoms with van der Waals surface area (Å²) in [6, 6.07) is 8.64. The first-order valence-electron chi connectivity index (χ1n) is 8.30. The van der Waals surface area contributed by atoms with Gasteiger partial charge in [0.15, 0.2) is 0 Å². The molecule has 1 aromatic rings. The monoisotopic (exact) mass is 262 g/mol. The van der Waals surface area contributed by atoms with Crippen molar-refractivity contribution >= 4 is 0 Å². The third kappa shape index (κ3) is 10.8. The Morgan fingerprint density at radius 1 is 0.684 bits per heavy atom. The summed E-state index contributed by atoms with van der Waals surface area (Å²) in [6.07, 6.45) is 12.3. The normalized spacial score (nSPS) is 9.89. The lowest BCUT2D eigenvalue weighted by Crippen LogP contribution is -1.87. The highest BCUT2D eigenvalue weighted by Crippen LogP contribution is 2.09. The van der Waals surface area contributed by atoms with E-state index in [-0.39, 0.29) is 0 Å². The molecule has 0 atom stereocenters. The third-order valence-electron chi connectivity index (χ3n) is 3.52. The summed E-state index contributed by atoms with van der Waals surface area (Å²) in [4.78, 5) is 0. The van der Waals surface area contributed by atoms with Crippen molar-refractivity contribution in [3.8, 4) is 0 Å². The van der Waals surface area contributed by atoms with Crippen molar-refractivity contribution in [1.29, 1.82) is 0 Å². The van der Waals surface area contributed by atoms with Crippen LogP contribution in [0.25, 0.3) is 0 Å². The van der Waals surface area contributed by atoms with Gasteiger partial charge in [0.25, 0.3) is 0 Å². The van der Waals surface area contributed by atoms with Crippen molar-refractivity contribution in [3.63, 3.8) is 0 Å². The summed E-state index contributed by atoms with van der Waals surface area (Å²) < 4.78 is 0. The standard InChI is InChI=1S/C11H16.C8H18/c1-3-4-8-11-9-6-5-7-10(11)2;1-3-5-7-8-6-4-2/h5-7,9H,3-4,8H2,1-2H3;3-8H2,1-2H3. The largest absolute Gasteiger partial charge is 0.0654 e. The van der Waals surface area contributed by atoms with Gasteiger partial charge in [-0.15, -0.1) is 0 Å². The van der Waals surface area contributed by atoms with Crippen LogP contribution >= 0.6 is 0 Å². The van der Waals surface area contributed by atoms with Gasteiger partial charge in [0.2, 0.25) is 0 Å². The van der Waals surface area contributed by atoms with Crippen LogP contribution in [-0.2, 0) is 6.42 Å². The zero-order valence-electron chi connectivity index (χ0n) is 13.7. The number of hydrogen-bond acceptors (Lipinski definition) is 0. The molecule has 0 radical (unpaired) electrons. The minimum Gasteiger partial charge on any atom is -0.0654 e. The van der Waals surface area contributed by atoms with E-state index < -0.39 is 0 Å². The summed E-state index contributed by atoms with van der Waals surface area (Å²) >= 11 is 0. The smallest absolute Gasteiger partial charge is 0.0276 e. The lowest BCUT2D eigenvalue weighted by atomic mass is 10.0. The first-order valence-corrected chi connectivity index (χ1v) is 8.30. The average Bonchev–Trinajstić information content (AvgIpc) is 2.44. The predicted molar refractivity (Wildman–Crippen MR) is 88.8 cm³/mol. The van der Waals surface area contributed by atoms with Gasteiger partial charge in [0.05, 0.1) is 0 Å². The van der Waals surface area contributed by atoms with Crippen LogP contribution in [0.2, 0.25) is 0 Å². The van der Waals surface area contributed by atoms with Gasteiger partial charge >= 0.3 is 0 Å². The molecule has 0 saturated heterocycles. The van der Waals surface area contributed by atoms with Crippen LogP contribution in [-0.4, -0.2) is 0 Å². The van der Waals surface area contributed by atoms with Crippen LogP contribution in [0, 0.1) is 6.92 Å². The molecule has 1 rings (SSSR count). The minimum atomic E-state index is 1.24. The zero-order valence-corrected chi connectivity index (χ0v) is 13.7. The van der Waals surface area contributed by atoms with E-state index in [4.69, 9.17) is 0 Å². The molecule has 0 spiro atoms. The van der Waals surface area contributed by atoms with Crippen LogP contribution in [0.1, 0.15) is 83.3 Å². The van der Waals surface area contributed by atoms with Crippen molar-refractivity contribution in [2.75, 3.05) is 0 Å². The molecule has 0 N–H and O–H groups in total. The number of unbranched alkanes of at least 4 members (excludes halogenated alkanes) is 6. The van der Waals surface area contributed by atoms with E-state index in [9.17, 15) is 0 Å². The van der Waals surface area contributed by atoms with Gasteiger partial charge in [-0.3, -0.25) is 0 Å². The van der Waals surface area contributed by atoms with Gasteiger partial charge in [-0.05, 0) is 30.9 Å². The number of aryl methyl sites for hydroxylation is 2. The molecule has 0 nitrogen and oxygen atoms in total. The van der Waals surface area contributed by atoms with Gasteiger partial charge in [-0.2, -0.15) is 0 Å². The van der Waals surface area contributed by atoms with E-state index in [1.165, 1.54) is 68.9 Å². The molecular formula is C19H34. The van der Waals surface area contributed by atoms with Gasteiger partial charge in [-0.1, -0.05) is 90.0 Å². The maximum atomic E-state index is 2.26. The molecule has 0 unspecified atom stereocenters. The summed E-state index contributed by atoms with van der Waals surface area (Å²) in [5, 5.41) is 0. The number of benzene rings is 1. The molecule has 19 heavy (non-hydrogen) atoms. The molecule has 0 aromatic heterocycles. The van der Waals surface area contributed by atoms with E-state index in [0.717, 1.165) is 0 Å². The second kappa shape index (κ2) is 13.6. The summed E-state index contributed by atoms with van der Waals surface area (Å²) in [5.41, 5.74) is 2.94. The van der Waals surface area contributed by atoms with Crippen molar-refractivity contribution in [2.24, 2.45) is 0 Å². The molecule has 0 fully saturated rings. The Labute approximate surface area is 121 Å². The second-order valence-electron chi connectivity index (χ2n) is 5.44. The molecule has 0 amide bonds. The zero-order chi connectivity index (χ0) is 14.3. The molecule has 0 aliphatic rings. The lowest BCUT2D eigenvalue weighted by Gasteiger charge is -2.02. The lowest BCUT2D eigenvalue weighted by molar-refractivity contribution is 0.624. The first kappa shape index (κ1) is 18.2. The fourth-order valence-electron chi connectivity index (χ4n) is 2.11. The third-order valence-corrected chi connectivity index (χ3v) is 3.52. The quantitative estimate of drug-likeness (QED) is 0.457. The predicted octanol–water partition coefficient (Wildman–Crippen LogP) is 6.70. The van der Waals surface area contributed by atoms with E-state index >= 15 is 0 Å². The Morgan fingerprint density at radius 3 is 1.68 bits per heavy atom. The molecular weight excluding hydrogens is 228 g/mol. The van der Waals surface area contributed by atoms with Crippen molar-refractivity contribution < 1.29 is 0 Å². The van der Waals surface area contributed by atoms with Crippen molar-refractivity contribution in [1.82, 2.24) is 0 Å². The highest BCUT2D eigenvalue weighted by atomic mass is 14.0. The topological polar surface area (TPSA) is 0 Å². The molecule has 0 aliphatic heterocycles. The molecule has 0 saturated carbocycles. The first-order chi connectivity index (χ1) is 9.26. The van der Waals surface area contributed by atoms with Crippen LogP contribution in [0.15, 0.2) is 24.3 Å². The van der Waals surface area contributed by atoms with Crippen molar-refractivity contribution in [2.45, 2.75) is 85.5 Å². The van der Waals surface area contributed by atoms with Crippen LogP contribution < -0.4 is 0 Å². The van der Waals surface area contributed by atoms with Gasteiger partial charge in [-0.25, -0.2) is 0 Å². The molecule has 0 heteroatoms. The summed E-state index contributed by atoms with van der Waals surface area (Å²) in [5.74, 6) is 0. The SMILES string of the molecule is CCCCCCCC.CCCCc1ccccc1C. The van der Waals surface area contributed by atoms with Gasteiger partial charge < -0.3 is 0 Å². The van der Waals surface area contributed by atoms with E-state index in [1.807, 2.05) is 0 Å². The molecule has 0 aliphatic carbocycles. The minimum absolute atomic E-state index is 1.24. The average molecular weight is 262 g/mol. The summed E-state index contributed by atoms with van der Waals surface area (Å²) in [6.45, 7) is 8.93. The Hall–Kier alpha value is -0.780. The Balaban J connectivity index is 0.000000362. The van der Waals surface area contributed by atoms with Gasteiger partial charge in [0, 0.05) is 0 Å². The molecule has 1 aromatic carbocycles. The number of rotatable bonds is 8. The molecule has 110 valence electrons. The van der Waals surface area contributed by atoms with Crippen LogP contribution in [0.4, 0.5) is 0 Å². The fraction of sp³-hybridized carbons (Fsp3) is 0.684. The Bertz CT molecular complexity index is 282. The summed E-state index contributed by atoms with van der Waals surface area (Å²) in [7, 11) is 0. The van der Waals surface area contributed by atoms with Crippen molar-refractivity contribution in [3.05, 3.63) is 35.4 Å². The van der Waals surface area contributed by atoms with Gasteiger partial charge in [0.1, 0.15) is 0 Å². The number of hydrogen-bond donors (Lipinski definition) is 0. The maximum absolute atomic E-state index is 2.26. The van der Waals surface area contributed by atoms with Crippen LogP contribution in [0.3, 0.4) is 0 Å². The Morgan fingerprint density at radius 2 is 1.21 bits per heavy atom. The molecule has 0 heterocycles. The second-order valence-corrected chi connectivity index (χ2v) is 5.44. The Kier molecular flexibility index (Phi) is 13.1. The van der Waals surface area contributed by atoms with E-state index in [2.05, 4.69) is 52.0 Å². The van der Waals surface area contributed by atoms with Crippen LogP contribution in [0.5, 0.6) is 0 Å². The van der Waals surface area contributed by atoms with E-state index in [0.29, 0.717) is 0 Å². The van der Waals surface area contributed by atoms with E-state index in [1.54, 1.807) is 0 Å². The highest BCUT2D eigenvalue weighted by Gasteiger charge is 1.94.